The molecule has 0 amide bonds. The number of rotatable bonds is 5. The first-order chi connectivity index (χ1) is 9.42. The summed E-state index contributed by atoms with van der Waals surface area (Å²) >= 11 is 11.6. The average Bonchev–Trinajstić information content (AvgIpc) is 2.83. The van der Waals surface area contributed by atoms with Crippen LogP contribution in [0.3, 0.4) is 0 Å². The summed E-state index contributed by atoms with van der Waals surface area (Å²) < 4.78 is 29.3. The number of aromatic nitrogens is 2. The third-order valence-corrected chi connectivity index (χ3v) is 4.56. The Labute approximate surface area is 125 Å². The van der Waals surface area contributed by atoms with E-state index in [1.54, 1.807) is 6.07 Å². The molecule has 0 bridgehead atoms. The van der Waals surface area contributed by atoms with Crippen molar-refractivity contribution in [2.45, 2.75) is 17.4 Å². The van der Waals surface area contributed by atoms with Gasteiger partial charge in [-0.15, -0.1) is 5.10 Å². The quantitative estimate of drug-likeness (QED) is 0.895. The van der Waals surface area contributed by atoms with E-state index in [4.69, 9.17) is 33.4 Å². The first kappa shape index (κ1) is 15.2. The van der Waals surface area contributed by atoms with Gasteiger partial charge in [-0.3, -0.25) is 0 Å². The molecule has 2 aromatic rings. The van der Waals surface area contributed by atoms with Crippen molar-refractivity contribution < 1.29 is 12.8 Å². The van der Waals surface area contributed by atoms with Crippen molar-refractivity contribution in [2.75, 3.05) is 6.54 Å². The van der Waals surface area contributed by atoms with Gasteiger partial charge >= 0.3 is 5.22 Å². The number of hydrogen-bond acceptors (Lipinski definition) is 6. The van der Waals surface area contributed by atoms with E-state index in [9.17, 15) is 8.42 Å². The van der Waals surface area contributed by atoms with Gasteiger partial charge in [0.15, 0.2) is 0 Å². The standard InChI is InChI=1S/C11H11Cl2N3O3S/c12-8-2-1-7(5-9(8)13)6-20(17,18)11-16-15-10(19-11)3-4-14/h1-2,5H,3-4,6,14H2. The van der Waals surface area contributed by atoms with E-state index in [1.165, 1.54) is 12.1 Å². The average molecular weight is 336 g/mol. The summed E-state index contributed by atoms with van der Waals surface area (Å²) in [6, 6.07) is 4.59. The van der Waals surface area contributed by atoms with E-state index in [1.807, 2.05) is 0 Å². The molecule has 0 spiro atoms. The van der Waals surface area contributed by atoms with Crippen LogP contribution in [-0.2, 0) is 22.0 Å². The van der Waals surface area contributed by atoms with Crippen LogP contribution in [0, 0.1) is 0 Å². The number of sulfone groups is 1. The van der Waals surface area contributed by atoms with Crippen LogP contribution >= 0.6 is 23.2 Å². The van der Waals surface area contributed by atoms with Crippen LogP contribution in [0.25, 0.3) is 0 Å². The Morgan fingerprint density at radius 2 is 1.95 bits per heavy atom. The van der Waals surface area contributed by atoms with Crippen molar-refractivity contribution in [1.29, 1.82) is 0 Å². The zero-order chi connectivity index (χ0) is 14.8. The SMILES string of the molecule is NCCc1nnc(S(=O)(=O)Cc2ccc(Cl)c(Cl)c2)o1. The molecule has 0 radical (unpaired) electrons. The van der Waals surface area contributed by atoms with Gasteiger partial charge in [0.25, 0.3) is 0 Å². The number of nitrogens with zero attached hydrogens (tertiary/aromatic N) is 2. The van der Waals surface area contributed by atoms with Crippen molar-refractivity contribution >= 4 is 33.0 Å². The Balaban J connectivity index is 2.23. The Morgan fingerprint density at radius 1 is 1.20 bits per heavy atom. The van der Waals surface area contributed by atoms with E-state index >= 15 is 0 Å². The van der Waals surface area contributed by atoms with Crippen LogP contribution in [0.4, 0.5) is 0 Å². The molecule has 108 valence electrons. The lowest BCUT2D eigenvalue weighted by Gasteiger charge is -2.02. The summed E-state index contributed by atoms with van der Waals surface area (Å²) in [5.41, 5.74) is 5.81. The molecule has 20 heavy (non-hydrogen) atoms. The Bertz CT molecular complexity index is 715. The van der Waals surface area contributed by atoms with Gasteiger partial charge in [-0.1, -0.05) is 34.4 Å². The van der Waals surface area contributed by atoms with Crippen molar-refractivity contribution in [3.63, 3.8) is 0 Å². The summed E-state index contributed by atoms with van der Waals surface area (Å²) in [7, 11) is -3.72. The number of nitrogens with two attached hydrogens (primary N) is 1. The fourth-order valence-corrected chi connectivity index (χ4v) is 2.95. The minimum absolute atomic E-state index is 0.195. The van der Waals surface area contributed by atoms with Crippen LogP contribution in [0.15, 0.2) is 27.8 Å². The van der Waals surface area contributed by atoms with Gasteiger partial charge in [0.2, 0.25) is 15.7 Å². The molecule has 0 saturated carbocycles. The molecular weight excluding hydrogens is 325 g/mol. The van der Waals surface area contributed by atoms with Gasteiger partial charge < -0.3 is 10.2 Å². The second-order valence-corrected chi connectivity index (χ2v) is 6.69. The zero-order valence-electron chi connectivity index (χ0n) is 10.2. The Kier molecular flexibility index (Phi) is 4.64. The second-order valence-electron chi connectivity index (χ2n) is 4.01. The molecule has 9 heteroatoms. The fraction of sp³-hybridized carbons (Fsp3) is 0.273. The van der Waals surface area contributed by atoms with Crippen molar-refractivity contribution in [2.24, 2.45) is 5.73 Å². The number of benzene rings is 1. The summed E-state index contributed by atoms with van der Waals surface area (Å²) in [5, 5.41) is 7.36. The monoisotopic (exact) mass is 335 g/mol. The van der Waals surface area contributed by atoms with E-state index in [0.717, 1.165) is 0 Å². The molecule has 2 N–H and O–H groups in total. The van der Waals surface area contributed by atoms with Crippen molar-refractivity contribution in [3.05, 3.63) is 39.7 Å². The molecule has 0 aliphatic rings. The summed E-state index contributed by atoms with van der Waals surface area (Å²) in [4.78, 5) is 0. The molecule has 0 unspecified atom stereocenters. The highest BCUT2D eigenvalue weighted by atomic mass is 35.5. The van der Waals surface area contributed by atoms with Gasteiger partial charge in [0.1, 0.15) is 0 Å². The minimum Gasteiger partial charge on any atom is -0.412 e. The maximum Gasteiger partial charge on any atom is 0.335 e. The maximum absolute atomic E-state index is 12.1. The van der Waals surface area contributed by atoms with E-state index in [0.29, 0.717) is 23.6 Å². The van der Waals surface area contributed by atoms with Gasteiger partial charge in [0, 0.05) is 13.0 Å². The summed E-state index contributed by atoms with van der Waals surface area (Å²) in [5.74, 6) is -0.103. The highest BCUT2D eigenvalue weighted by Gasteiger charge is 2.23. The predicted octanol–water partition coefficient (Wildman–Crippen LogP) is 1.85. The van der Waals surface area contributed by atoms with Gasteiger partial charge in [0.05, 0.1) is 15.8 Å². The van der Waals surface area contributed by atoms with Crippen LogP contribution in [0.1, 0.15) is 11.5 Å². The van der Waals surface area contributed by atoms with E-state index < -0.39 is 15.1 Å². The van der Waals surface area contributed by atoms with Crippen molar-refractivity contribution in [1.82, 2.24) is 10.2 Å². The normalized spacial score (nSPS) is 11.8. The van der Waals surface area contributed by atoms with Gasteiger partial charge in [-0.05, 0) is 17.7 Å². The van der Waals surface area contributed by atoms with E-state index in [2.05, 4.69) is 10.2 Å². The van der Waals surface area contributed by atoms with Crippen LogP contribution < -0.4 is 5.73 Å². The van der Waals surface area contributed by atoms with Crippen molar-refractivity contribution in [3.8, 4) is 0 Å². The smallest absolute Gasteiger partial charge is 0.335 e. The third kappa shape index (κ3) is 3.49. The van der Waals surface area contributed by atoms with Gasteiger partial charge in [-0.25, -0.2) is 8.42 Å². The minimum atomic E-state index is -3.72. The van der Waals surface area contributed by atoms with Crippen LogP contribution in [-0.4, -0.2) is 25.2 Å². The predicted molar refractivity (Wildman–Crippen MR) is 74.4 cm³/mol. The molecule has 1 aromatic carbocycles. The molecule has 0 aliphatic carbocycles. The van der Waals surface area contributed by atoms with E-state index in [-0.39, 0.29) is 16.7 Å². The van der Waals surface area contributed by atoms with Gasteiger partial charge in [-0.2, -0.15) is 0 Å². The van der Waals surface area contributed by atoms with Crippen LogP contribution in [0.5, 0.6) is 0 Å². The first-order valence-electron chi connectivity index (χ1n) is 5.61. The first-order valence-corrected chi connectivity index (χ1v) is 8.02. The zero-order valence-corrected chi connectivity index (χ0v) is 12.5. The summed E-state index contributed by atoms with van der Waals surface area (Å²) in [6.07, 6.45) is 0.329. The topological polar surface area (TPSA) is 99.1 Å². The lowest BCUT2D eigenvalue weighted by molar-refractivity contribution is 0.397. The lowest BCUT2D eigenvalue weighted by Crippen LogP contribution is -2.05. The Hall–Kier alpha value is -1.15. The highest BCUT2D eigenvalue weighted by molar-refractivity contribution is 7.90. The third-order valence-electron chi connectivity index (χ3n) is 2.41. The molecular formula is C11H11Cl2N3O3S. The van der Waals surface area contributed by atoms with Crippen LogP contribution in [0.2, 0.25) is 10.0 Å². The molecule has 0 atom stereocenters. The lowest BCUT2D eigenvalue weighted by atomic mass is 10.2. The molecule has 0 fully saturated rings. The second kappa shape index (κ2) is 6.09. The number of hydrogen-bond donors (Lipinski definition) is 1. The highest BCUT2D eigenvalue weighted by Crippen LogP contribution is 2.24. The summed E-state index contributed by atoms with van der Waals surface area (Å²) in [6.45, 7) is 0.300. The molecule has 2 rings (SSSR count). The largest absolute Gasteiger partial charge is 0.412 e. The molecule has 1 aromatic heterocycles. The molecule has 1 heterocycles. The Morgan fingerprint density at radius 3 is 2.60 bits per heavy atom. The number of halogens is 2. The maximum atomic E-state index is 12.1. The fourth-order valence-electron chi connectivity index (χ4n) is 1.50. The molecule has 0 saturated heterocycles. The molecule has 0 aliphatic heterocycles. The molecule has 6 nitrogen and oxygen atoms in total.